The molecule has 0 heterocycles. The van der Waals surface area contributed by atoms with Crippen LogP contribution in [0.5, 0.6) is 0 Å². The SMILES string of the molecule is Fc1cc(F)c(P(Cc2ccc3ccccc3c2-c2c(CP(c3cc(F)c(F)cc3F)c3cc(F)c(F)cc3F)ccc3ccccc23)c2cc(F)c(F)cc2F)cc1F. The minimum Gasteiger partial charge on any atom is -0.206 e. The standard InChI is InChI=1S/C46H24F12P2/c47-29-13-37(55)41(17-33(29)51)59(42-18-34(52)30(48)14-38(42)56)21-25-11-9-23-5-1-3-7-27(23)45(25)46-26(12-10-24-6-2-4-8-28(24)46)22-60(43-19-35(53)31(49)15-39(43)57)44-20-36(54)32(50)16-40(44)58/h1-20H,21-22H2. The zero-order valence-corrected chi connectivity index (χ0v) is 32.2. The van der Waals surface area contributed by atoms with Crippen molar-refractivity contribution >= 4 is 58.6 Å². The van der Waals surface area contributed by atoms with Crippen LogP contribution in [0.4, 0.5) is 52.7 Å². The Hall–Kier alpha value is -5.70. The van der Waals surface area contributed by atoms with Gasteiger partial charge in [0.05, 0.1) is 0 Å². The maximum atomic E-state index is 15.7. The summed E-state index contributed by atoms with van der Waals surface area (Å²) in [7, 11) is -5.13. The Labute approximate surface area is 336 Å². The molecule has 0 saturated carbocycles. The quantitative estimate of drug-likeness (QED) is 0.0770. The van der Waals surface area contributed by atoms with E-state index in [0.717, 1.165) is 0 Å². The van der Waals surface area contributed by atoms with Gasteiger partial charge in [0.1, 0.15) is 23.3 Å². The summed E-state index contributed by atoms with van der Waals surface area (Å²) in [5.41, 5.74) is 1.33. The van der Waals surface area contributed by atoms with Crippen LogP contribution in [0, 0.1) is 69.8 Å². The van der Waals surface area contributed by atoms with Crippen LogP contribution in [0.1, 0.15) is 11.1 Å². The minimum atomic E-state index is -2.56. The van der Waals surface area contributed by atoms with Crippen LogP contribution in [-0.2, 0) is 12.3 Å². The van der Waals surface area contributed by atoms with Gasteiger partial charge >= 0.3 is 0 Å². The van der Waals surface area contributed by atoms with Crippen LogP contribution in [0.25, 0.3) is 32.7 Å². The van der Waals surface area contributed by atoms with Crippen molar-refractivity contribution < 1.29 is 52.7 Å². The van der Waals surface area contributed by atoms with Crippen molar-refractivity contribution in [2.75, 3.05) is 0 Å². The number of rotatable bonds is 9. The first-order valence-electron chi connectivity index (χ1n) is 17.8. The third-order valence-corrected chi connectivity index (χ3v) is 15.1. The Morgan fingerprint density at radius 2 is 0.550 bits per heavy atom. The molecular weight excluding hydrogens is 842 g/mol. The van der Waals surface area contributed by atoms with E-state index >= 15 is 17.6 Å². The average Bonchev–Trinajstić information content (AvgIpc) is 3.22. The summed E-state index contributed by atoms with van der Waals surface area (Å²) in [6, 6.07) is 23.5. The van der Waals surface area contributed by atoms with Gasteiger partial charge in [-0.15, -0.1) is 0 Å². The number of hydrogen-bond acceptors (Lipinski definition) is 0. The number of fused-ring (bicyclic) bond motifs is 2. The van der Waals surface area contributed by atoms with Crippen LogP contribution >= 0.6 is 15.8 Å². The van der Waals surface area contributed by atoms with Crippen LogP contribution in [0.3, 0.4) is 0 Å². The van der Waals surface area contributed by atoms with Gasteiger partial charge in [-0.1, -0.05) is 72.8 Å². The summed E-state index contributed by atoms with van der Waals surface area (Å²) >= 11 is 0. The summed E-state index contributed by atoms with van der Waals surface area (Å²) in [5.74, 6) is -17.3. The van der Waals surface area contributed by atoms with Gasteiger partial charge in [-0.3, -0.25) is 0 Å². The highest BCUT2D eigenvalue weighted by Crippen LogP contribution is 2.49. The molecule has 0 aliphatic rings. The van der Waals surface area contributed by atoms with Gasteiger partial charge in [0.25, 0.3) is 0 Å². The van der Waals surface area contributed by atoms with Crippen molar-refractivity contribution in [2.45, 2.75) is 12.3 Å². The molecule has 0 unspecified atom stereocenters. The van der Waals surface area contributed by atoms with Gasteiger partial charge in [0, 0.05) is 57.8 Å². The van der Waals surface area contributed by atoms with E-state index in [1.807, 2.05) is 0 Å². The van der Waals surface area contributed by atoms with Gasteiger partial charge in [0.15, 0.2) is 46.5 Å². The molecule has 302 valence electrons. The molecular formula is C46H24F12P2. The maximum absolute atomic E-state index is 15.7. The third kappa shape index (κ3) is 7.63. The lowest BCUT2D eigenvalue weighted by Gasteiger charge is -2.26. The number of benzene rings is 8. The molecule has 0 nitrogen and oxygen atoms in total. The normalized spacial score (nSPS) is 11.8. The zero-order valence-electron chi connectivity index (χ0n) is 30.4. The van der Waals surface area contributed by atoms with Gasteiger partial charge in [-0.25, -0.2) is 52.7 Å². The van der Waals surface area contributed by atoms with Crippen molar-refractivity contribution in [3.8, 4) is 11.1 Å². The largest absolute Gasteiger partial charge is 0.206 e. The first-order valence-corrected chi connectivity index (χ1v) is 20.9. The Morgan fingerprint density at radius 1 is 0.283 bits per heavy atom. The maximum Gasteiger partial charge on any atom is 0.161 e. The first kappa shape index (κ1) is 41.1. The summed E-state index contributed by atoms with van der Waals surface area (Å²) in [6.45, 7) is 0. The highest BCUT2D eigenvalue weighted by molar-refractivity contribution is 7.72. The highest BCUT2D eigenvalue weighted by Gasteiger charge is 2.30. The van der Waals surface area contributed by atoms with E-state index in [9.17, 15) is 35.1 Å². The Bertz CT molecular complexity index is 2690. The molecule has 14 heteroatoms. The summed E-state index contributed by atoms with van der Waals surface area (Å²) < 4.78 is 179. The minimum absolute atomic E-state index is 0.263. The molecule has 0 aliphatic heterocycles. The van der Waals surface area contributed by atoms with Gasteiger partial charge in [-0.2, -0.15) is 0 Å². The Balaban J connectivity index is 1.42. The lowest BCUT2D eigenvalue weighted by Crippen LogP contribution is -2.22. The van der Waals surface area contributed by atoms with E-state index in [2.05, 4.69) is 0 Å². The molecule has 8 rings (SSSR count). The molecule has 0 bridgehead atoms. The van der Waals surface area contributed by atoms with E-state index in [1.165, 1.54) is 0 Å². The monoisotopic (exact) mass is 866 g/mol. The Kier molecular flexibility index (Phi) is 11.2. The van der Waals surface area contributed by atoms with Gasteiger partial charge in [-0.05, 0) is 83.9 Å². The molecule has 0 spiro atoms. The second kappa shape index (κ2) is 16.4. The van der Waals surface area contributed by atoms with Crippen molar-refractivity contribution in [1.82, 2.24) is 0 Å². The van der Waals surface area contributed by atoms with Crippen LogP contribution < -0.4 is 21.2 Å². The summed E-state index contributed by atoms with van der Waals surface area (Å²) in [6.07, 6.45) is -0.793. The topological polar surface area (TPSA) is 0 Å². The second-order valence-electron chi connectivity index (χ2n) is 13.7. The van der Waals surface area contributed by atoms with E-state index in [-0.39, 0.29) is 24.3 Å². The van der Waals surface area contributed by atoms with Crippen LogP contribution in [0.2, 0.25) is 0 Å². The fourth-order valence-electron chi connectivity index (χ4n) is 7.30. The average molecular weight is 867 g/mol. The third-order valence-electron chi connectivity index (χ3n) is 10.1. The van der Waals surface area contributed by atoms with E-state index in [0.29, 0.717) is 68.1 Å². The molecule has 0 N–H and O–H groups in total. The van der Waals surface area contributed by atoms with E-state index in [4.69, 9.17) is 0 Å². The lowest BCUT2D eigenvalue weighted by atomic mass is 9.88. The molecule has 0 fully saturated rings. The molecule has 0 saturated heterocycles. The van der Waals surface area contributed by atoms with Crippen molar-refractivity contribution in [3.05, 3.63) is 202 Å². The van der Waals surface area contributed by atoms with E-state index in [1.54, 1.807) is 72.8 Å². The zero-order chi connectivity index (χ0) is 42.6. The van der Waals surface area contributed by atoms with Crippen LogP contribution in [-0.4, -0.2) is 0 Å². The number of hydrogen-bond donors (Lipinski definition) is 0. The molecule has 0 aliphatic carbocycles. The molecule has 0 amide bonds. The smallest absolute Gasteiger partial charge is 0.161 e. The number of halogens is 12. The predicted molar refractivity (Wildman–Crippen MR) is 212 cm³/mol. The second-order valence-corrected chi connectivity index (χ2v) is 18.0. The molecule has 0 atom stereocenters. The molecule has 0 aromatic heterocycles. The molecule has 60 heavy (non-hydrogen) atoms. The Morgan fingerprint density at radius 3 is 0.850 bits per heavy atom. The summed E-state index contributed by atoms with van der Waals surface area (Å²) in [4.78, 5) is 0. The fourth-order valence-corrected chi connectivity index (χ4v) is 12.1. The predicted octanol–water partition coefficient (Wildman–Crippen LogP) is 12.6. The van der Waals surface area contributed by atoms with Crippen molar-refractivity contribution in [1.29, 1.82) is 0 Å². The van der Waals surface area contributed by atoms with Crippen LogP contribution in [0.15, 0.2) is 121 Å². The van der Waals surface area contributed by atoms with Crippen molar-refractivity contribution in [2.24, 2.45) is 0 Å². The fraction of sp³-hybridized carbons (Fsp3) is 0.0435. The molecule has 8 aromatic rings. The van der Waals surface area contributed by atoms with Gasteiger partial charge in [0.2, 0.25) is 0 Å². The van der Waals surface area contributed by atoms with Gasteiger partial charge < -0.3 is 0 Å². The lowest BCUT2D eigenvalue weighted by molar-refractivity contribution is 0.497. The van der Waals surface area contributed by atoms with E-state index < -0.39 is 119 Å². The first-order chi connectivity index (χ1) is 28.7. The highest BCUT2D eigenvalue weighted by atomic mass is 31.1. The summed E-state index contributed by atoms with van der Waals surface area (Å²) in [5, 5.41) is 0.155. The van der Waals surface area contributed by atoms with Crippen molar-refractivity contribution in [3.63, 3.8) is 0 Å². The molecule has 8 aromatic carbocycles. The molecule has 0 radical (unpaired) electrons.